The average molecular weight is 387 g/mol. The van der Waals surface area contributed by atoms with Gasteiger partial charge >= 0.3 is 5.97 Å². The van der Waals surface area contributed by atoms with Gasteiger partial charge in [-0.15, -0.1) is 5.10 Å². The molecule has 2 aromatic heterocycles. The Kier molecular flexibility index (Phi) is 5.20. The van der Waals surface area contributed by atoms with Crippen LogP contribution >= 0.6 is 0 Å². The Hall–Kier alpha value is -3.74. The quantitative estimate of drug-likeness (QED) is 0.511. The molecule has 0 bridgehead atoms. The molecule has 2 heterocycles. The maximum Gasteiger partial charge on any atom is 0.333 e. The largest absolute Gasteiger partial charge is 0.467 e. The number of benzene rings is 2. The van der Waals surface area contributed by atoms with E-state index in [1.54, 1.807) is 4.52 Å². The number of rotatable bonds is 6. The third-order valence-electron chi connectivity index (χ3n) is 4.55. The highest BCUT2D eigenvalue weighted by molar-refractivity contribution is 5.80. The van der Waals surface area contributed by atoms with E-state index in [1.807, 2.05) is 73.7 Å². The molecule has 29 heavy (non-hydrogen) atoms. The van der Waals surface area contributed by atoms with Gasteiger partial charge in [-0.1, -0.05) is 60.7 Å². The van der Waals surface area contributed by atoms with Crippen LogP contribution in [-0.2, 0) is 16.0 Å². The molecule has 146 valence electrons. The number of hydrogen-bond donors (Lipinski definition) is 1. The third-order valence-corrected chi connectivity index (χ3v) is 4.55. The van der Waals surface area contributed by atoms with Crippen molar-refractivity contribution in [2.24, 2.45) is 0 Å². The molecule has 0 aliphatic heterocycles. The van der Waals surface area contributed by atoms with Gasteiger partial charge in [0.15, 0.2) is 11.9 Å². The molecule has 4 aromatic rings. The summed E-state index contributed by atoms with van der Waals surface area (Å²) in [5.74, 6) is 1.38. The number of esters is 1. The molecule has 1 atom stereocenters. The first-order chi connectivity index (χ1) is 14.1. The van der Waals surface area contributed by atoms with Crippen LogP contribution in [0.3, 0.4) is 0 Å². The van der Waals surface area contributed by atoms with Crippen LogP contribution in [0.25, 0.3) is 5.78 Å². The predicted molar refractivity (Wildman–Crippen MR) is 110 cm³/mol. The number of nitrogens with zero attached hydrogens (tertiary/aromatic N) is 4. The number of methoxy groups -OCH3 is 1. The lowest BCUT2D eigenvalue weighted by Crippen LogP contribution is -2.23. The van der Waals surface area contributed by atoms with Crippen molar-refractivity contribution in [3.63, 3.8) is 0 Å². The second-order valence-electron chi connectivity index (χ2n) is 6.70. The average Bonchev–Trinajstić information content (AvgIpc) is 3.14. The fourth-order valence-corrected chi connectivity index (χ4v) is 3.17. The van der Waals surface area contributed by atoms with Gasteiger partial charge < -0.3 is 10.1 Å². The standard InChI is InChI=1S/C22H21N5O2/c1-15-13-19(25-20(21(28)29-2)17-11-7-4-8-12-17)27-22(23-15)24-18(26-27)14-16-9-5-3-6-10-16/h3-13,20,25H,14H2,1-2H3/t20-/m1/s1. The summed E-state index contributed by atoms with van der Waals surface area (Å²) in [6.45, 7) is 1.88. The summed E-state index contributed by atoms with van der Waals surface area (Å²) in [5.41, 5.74) is 2.69. The number of anilines is 1. The topological polar surface area (TPSA) is 81.4 Å². The molecule has 7 heteroatoms. The Morgan fingerprint density at radius 2 is 1.76 bits per heavy atom. The lowest BCUT2D eigenvalue weighted by atomic mass is 10.1. The van der Waals surface area contributed by atoms with Gasteiger partial charge in [-0.3, -0.25) is 0 Å². The molecule has 0 aliphatic rings. The number of carbonyl (C=O) groups is 1. The van der Waals surface area contributed by atoms with E-state index < -0.39 is 6.04 Å². The lowest BCUT2D eigenvalue weighted by Gasteiger charge is -2.18. The monoisotopic (exact) mass is 387 g/mol. The van der Waals surface area contributed by atoms with Gasteiger partial charge in [0.1, 0.15) is 5.82 Å². The summed E-state index contributed by atoms with van der Waals surface area (Å²) >= 11 is 0. The molecular formula is C22H21N5O2. The zero-order valence-electron chi connectivity index (χ0n) is 16.2. The van der Waals surface area contributed by atoms with E-state index in [-0.39, 0.29) is 5.97 Å². The predicted octanol–water partition coefficient (Wildman–Crippen LogP) is 3.35. The molecule has 0 aliphatic carbocycles. The molecule has 7 nitrogen and oxygen atoms in total. The van der Waals surface area contributed by atoms with Crippen molar-refractivity contribution in [2.45, 2.75) is 19.4 Å². The Morgan fingerprint density at radius 3 is 2.45 bits per heavy atom. The molecule has 0 spiro atoms. The molecule has 0 amide bonds. The van der Waals surface area contributed by atoms with Crippen molar-refractivity contribution in [3.05, 3.63) is 89.4 Å². The number of hydrogen-bond acceptors (Lipinski definition) is 6. The Bertz CT molecular complexity index is 1130. The van der Waals surface area contributed by atoms with E-state index in [0.717, 1.165) is 16.8 Å². The van der Waals surface area contributed by atoms with Gasteiger partial charge in [0.05, 0.1) is 7.11 Å². The minimum absolute atomic E-state index is 0.386. The summed E-state index contributed by atoms with van der Waals surface area (Å²) in [4.78, 5) is 21.5. The minimum Gasteiger partial charge on any atom is -0.467 e. The van der Waals surface area contributed by atoms with Gasteiger partial charge in [-0.25, -0.2) is 9.78 Å². The molecule has 0 radical (unpaired) electrons. The fraction of sp³-hybridized carbons (Fsp3) is 0.182. The zero-order chi connectivity index (χ0) is 20.2. The first kappa shape index (κ1) is 18.6. The SMILES string of the molecule is COC(=O)[C@H](Nc1cc(C)nc2nc(Cc3ccccc3)nn12)c1ccccc1. The van der Waals surface area contributed by atoms with Crippen molar-refractivity contribution in [2.75, 3.05) is 12.4 Å². The second-order valence-corrected chi connectivity index (χ2v) is 6.70. The maximum absolute atomic E-state index is 12.4. The Balaban J connectivity index is 1.71. The number of nitrogens with one attached hydrogen (secondary N) is 1. The molecule has 1 N–H and O–H groups in total. The van der Waals surface area contributed by atoms with E-state index in [4.69, 9.17) is 4.74 Å². The van der Waals surface area contributed by atoms with Crippen LogP contribution in [0, 0.1) is 6.92 Å². The van der Waals surface area contributed by atoms with E-state index in [2.05, 4.69) is 20.4 Å². The van der Waals surface area contributed by atoms with Crippen LogP contribution in [-0.4, -0.2) is 32.7 Å². The van der Waals surface area contributed by atoms with Crippen LogP contribution < -0.4 is 5.32 Å². The van der Waals surface area contributed by atoms with Crippen LogP contribution in [0.1, 0.15) is 28.7 Å². The normalized spacial score (nSPS) is 11.9. The molecular weight excluding hydrogens is 366 g/mol. The van der Waals surface area contributed by atoms with Gasteiger partial charge in [0, 0.05) is 18.2 Å². The fourth-order valence-electron chi connectivity index (χ4n) is 3.17. The number of aryl methyl sites for hydroxylation is 1. The Labute approximate surface area is 168 Å². The van der Waals surface area contributed by atoms with Crippen molar-refractivity contribution >= 4 is 17.6 Å². The van der Waals surface area contributed by atoms with Gasteiger partial charge in [0.2, 0.25) is 0 Å². The molecule has 0 unspecified atom stereocenters. The van der Waals surface area contributed by atoms with E-state index >= 15 is 0 Å². The van der Waals surface area contributed by atoms with Crippen molar-refractivity contribution in [3.8, 4) is 0 Å². The number of aromatic nitrogens is 4. The molecule has 0 saturated heterocycles. The van der Waals surface area contributed by atoms with Crippen molar-refractivity contribution in [1.82, 2.24) is 19.6 Å². The van der Waals surface area contributed by atoms with E-state index in [9.17, 15) is 4.79 Å². The second kappa shape index (κ2) is 8.10. The van der Waals surface area contributed by atoms with Gasteiger partial charge in [-0.05, 0) is 18.1 Å². The summed E-state index contributed by atoms with van der Waals surface area (Å²) in [5, 5.41) is 7.86. The summed E-state index contributed by atoms with van der Waals surface area (Å²) in [7, 11) is 1.38. The van der Waals surface area contributed by atoms with Crippen LogP contribution in [0.4, 0.5) is 5.82 Å². The van der Waals surface area contributed by atoms with Crippen molar-refractivity contribution < 1.29 is 9.53 Å². The minimum atomic E-state index is -0.673. The van der Waals surface area contributed by atoms with Crippen LogP contribution in [0.5, 0.6) is 0 Å². The number of ether oxygens (including phenoxy) is 1. The molecule has 4 rings (SSSR count). The van der Waals surface area contributed by atoms with Crippen LogP contribution in [0.15, 0.2) is 66.7 Å². The molecule has 0 fully saturated rings. The number of carbonyl (C=O) groups excluding carboxylic acids is 1. The zero-order valence-corrected chi connectivity index (χ0v) is 16.2. The summed E-state index contributed by atoms with van der Waals surface area (Å²) in [6.07, 6.45) is 0.599. The first-order valence-corrected chi connectivity index (χ1v) is 9.30. The lowest BCUT2D eigenvalue weighted by molar-refractivity contribution is -0.141. The highest BCUT2D eigenvalue weighted by atomic mass is 16.5. The van der Waals surface area contributed by atoms with Gasteiger partial charge in [-0.2, -0.15) is 9.50 Å². The summed E-state index contributed by atoms with van der Waals surface area (Å²) in [6, 6.07) is 20.6. The Morgan fingerprint density at radius 1 is 1.07 bits per heavy atom. The maximum atomic E-state index is 12.4. The van der Waals surface area contributed by atoms with Crippen LogP contribution in [0.2, 0.25) is 0 Å². The first-order valence-electron chi connectivity index (χ1n) is 9.30. The van der Waals surface area contributed by atoms with E-state index in [1.165, 1.54) is 7.11 Å². The van der Waals surface area contributed by atoms with Crippen molar-refractivity contribution in [1.29, 1.82) is 0 Å². The molecule has 0 saturated carbocycles. The van der Waals surface area contributed by atoms with Gasteiger partial charge in [0.25, 0.3) is 5.78 Å². The smallest absolute Gasteiger partial charge is 0.333 e. The molecule has 2 aromatic carbocycles. The third kappa shape index (κ3) is 4.08. The summed E-state index contributed by atoms with van der Waals surface area (Å²) < 4.78 is 6.63. The highest BCUT2D eigenvalue weighted by Crippen LogP contribution is 2.22. The number of fused-ring (bicyclic) bond motifs is 1. The van der Waals surface area contributed by atoms with E-state index in [0.29, 0.717) is 23.8 Å². The highest BCUT2D eigenvalue weighted by Gasteiger charge is 2.23.